The lowest BCUT2D eigenvalue weighted by atomic mass is 10.0. The molecule has 0 bridgehead atoms. The fourth-order valence-corrected chi connectivity index (χ4v) is 6.96. The highest BCUT2D eigenvalue weighted by molar-refractivity contribution is 8.00. The number of thiophene rings is 1. The summed E-state index contributed by atoms with van der Waals surface area (Å²) in [6.07, 6.45) is 1.55. The van der Waals surface area contributed by atoms with E-state index in [0.29, 0.717) is 27.3 Å². The standard InChI is InChI=1S/C29H22Cl2N4O3S2/c30-19-7-3-6-18(14-19)28-26-27(23-11-5-13-39-23)33-35(22-10-2-1-9-21(22)31)29(26)34(25(37)17-40-28)16-24(36)32-15-20-8-4-12-38-20/h1-14,28H,15-17H2,(H,32,36)/t28-/m0/s1. The highest BCUT2D eigenvalue weighted by atomic mass is 35.5. The van der Waals surface area contributed by atoms with Crippen LogP contribution in [0.4, 0.5) is 5.82 Å². The van der Waals surface area contributed by atoms with Crippen molar-refractivity contribution >= 4 is 63.9 Å². The van der Waals surface area contributed by atoms with Gasteiger partial charge < -0.3 is 9.73 Å². The number of fused-ring (bicyclic) bond motifs is 1. The Balaban J connectivity index is 1.53. The second kappa shape index (κ2) is 11.5. The third kappa shape index (κ3) is 5.30. The van der Waals surface area contributed by atoms with Crippen molar-refractivity contribution in [3.8, 4) is 16.3 Å². The smallest absolute Gasteiger partial charge is 0.240 e. The van der Waals surface area contributed by atoms with Crippen LogP contribution in [0, 0.1) is 0 Å². The number of nitrogens with zero attached hydrogens (tertiary/aromatic N) is 3. The molecule has 1 aliphatic rings. The number of anilines is 1. The average Bonchev–Trinajstić information content (AvgIpc) is 3.72. The van der Waals surface area contributed by atoms with E-state index in [2.05, 4.69) is 5.32 Å². The van der Waals surface area contributed by atoms with Gasteiger partial charge in [-0.05, 0) is 53.4 Å². The molecule has 5 aromatic rings. The van der Waals surface area contributed by atoms with Gasteiger partial charge in [-0.25, -0.2) is 4.68 Å². The van der Waals surface area contributed by atoms with Crippen LogP contribution in [-0.2, 0) is 16.1 Å². The van der Waals surface area contributed by atoms with Gasteiger partial charge >= 0.3 is 0 Å². The topological polar surface area (TPSA) is 80.4 Å². The van der Waals surface area contributed by atoms with Crippen molar-refractivity contribution in [2.75, 3.05) is 17.2 Å². The highest BCUT2D eigenvalue weighted by Gasteiger charge is 2.38. The van der Waals surface area contributed by atoms with Crippen LogP contribution in [0.15, 0.2) is 88.9 Å². The summed E-state index contributed by atoms with van der Waals surface area (Å²) in [6.45, 7) is 0.0141. The average molecular weight is 610 g/mol. The maximum atomic E-state index is 13.8. The number of thioether (sulfide) groups is 1. The van der Waals surface area contributed by atoms with Crippen LogP contribution in [-0.4, -0.2) is 33.9 Å². The van der Waals surface area contributed by atoms with E-state index in [1.807, 2.05) is 60.0 Å². The van der Waals surface area contributed by atoms with E-state index < -0.39 is 0 Å². The molecule has 4 heterocycles. The lowest BCUT2D eigenvalue weighted by molar-refractivity contribution is -0.123. The molecular formula is C29H22Cl2N4O3S2. The van der Waals surface area contributed by atoms with Gasteiger partial charge in [-0.2, -0.15) is 5.10 Å². The van der Waals surface area contributed by atoms with Crippen molar-refractivity contribution in [2.45, 2.75) is 11.8 Å². The molecule has 202 valence electrons. The SMILES string of the molecule is O=C(CN1C(=O)CS[C@@H](c2cccc(Cl)c2)c2c(-c3cccs3)nn(-c3ccccc3Cl)c21)NCc1ccco1. The number of nitrogens with one attached hydrogen (secondary N) is 1. The Hall–Kier alpha value is -3.50. The van der Waals surface area contributed by atoms with Gasteiger partial charge in [0.2, 0.25) is 11.8 Å². The predicted octanol–water partition coefficient (Wildman–Crippen LogP) is 6.99. The second-order valence-corrected chi connectivity index (χ2v) is 11.9. The third-order valence-corrected chi connectivity index (χ3v) is 9.10. The number of halogens is 2. The van der Waals surface area contributed by atoms with Crippen LogP contribution in [0.25, 0.3) is 16.3 Å². The van der Waals surface area contributed by atoms with Gasteiger partial charge in [0.15, 0.2) is 0 Å². The molecule has 7 nitrogen and oxygen atoms in total. The molecule has 0 unspecified atom stereocenters. The Morgan fingerprint density at radius 3 is 2.70 bits per heavy atom. The van der Waals surface area contributed by atoms with Crippen molar-refractivity contribution in [2.24, 2.45) is 0 Å². The summed E-state index contributed by atoms with van der Waals surface area (Å²) in [5, 5.41) is 10.7. The van der Waals surface area contributed by atoms with Crippen molar-refractivity contribution in [1.82, 2.24) is 15.1 Å². The number of para-hydroxylation sites is 1. The lowest BCUT2D eigenvalue weighted by Gasteiger charge is -2.23. The summed E-state index contributed by atoms with van der Waals surface area (Å²) in [5.41, 5.74) is 3.08. The molecule has 0 radical (unpaired) electrons. The van der Waals surface area contributed by atoms with Crippen LogP contribution in [0.2, 0.25) is 10.0 Å². The normalized spacial score (nSPS) is 15.1. The molecule has 40 heavy (non-hydrogen) atoms. The van der Waals surface area contributed by atoms with Gasteiger partial charge in [0.05, 0.1) is 39.4 Å². The van der Waals surface area contributed by atoms with E-state index in [1.54, 1.807) is 40.5 Å². The van der Waals surface area contributed by atoms with Crippen molar-refractivity contribution in [1.29, 1.82) is 0 Å². The zero-order chi connectivity index (χ0) is 27.6. The monoisotopic (exact) mass is 608 g/mol. The lowest BCUT2D eigenvalue weighted by Crippen LogP contribution is -2.42. The molecule has 3 aromatic heterocycles. The zero-order valence-corrected chi connectivity index (χ0v) is 24.1. The number of furan rings is 1. The summed E-state index contributed by atoms with van der Waals surface area (Å²) in [6, 6.07) is 22.4. The molecule has 0 aliphatic carbocycles. The summed E-state index contributed by atoms with van der Waals surface area (Å²) >= 11 is 16.1. The van der Waals surface area contributed by atoms with Gasteiger partial charge in [-0.3, -0.25) is 14.5 Å². The van der Waals surface area contributed by atoms with Gasteiger partial charge in [0.1, 0.15) is 23.8 Å². The van der Waals surface area contributed by atoms with Crippen molar-refractivity contribution in [3.05, 3.63) is 111 Å². The number of hydrogen-bond acceptors (Lipinski definition) is 6. The minimum Gasteiger partial charge on any atom is -0.467 e. The van der Waals surface area contributed by atoms with Crippen molar-refractivity contribution in [3.63, 3.8) is 0 Å². The molecule has 0 spiro atoms. The Morgan fingerprint density at radius 1 is 1.07 bits per heavy atom. The van der Waals surface area contributed by atoms with E-state index in [-0.39, 0.29) is 35.9 Å². The van der Waals surface area contributed by atoms with E-state index >= 15 is 0 Å². The number of carbonyl (C=O) groups excluding carboxylic acids is 2. The molecule has 0 saturated carbocycles. The molecule has 0 fully saturated rings. The number of rotatable bonds is 7. The largest absolute Gasteiger partial charge is 0.467 e. The van der Waals surface area contributed by atoms with E-state index in [1.165, 1.54) is 16.7 Å². The number of carbonyl (C=O) groups is 2. The van der Waals surface area contributed by atoms with E-state index in [9.17, 15) is 9.59 Å². The minimum absolute atomic E-state index is 0.156. The summed E-state index contributed by atoms with van der Waals surface area (Å²) in [5.74, 6) is 0.740. The van der Waals surface area contributed by atoms with Gasteiger partial charge in [-0.1, -0.05) is 53.5 Å². The predicted molar refractivity (Wildman–Crippen MR) is 161 cm³/mol. The van der Waals surface area contributed by atoms with Gasteiger partial charge in [0.25, 0.3) is 0 Å². The molecule has 6 rings (SSSR count). The number of aromatic nitrogens is 2. The fraction of sp³-hybridized carbons (Fsp3) is 0.138. The number of amides is 2. The molecule has 2 aromatic carbocycles. The molecule has 1 N–H and O–H groups in total. The molecule has 11 heteroatoms. The summed E-state index contributed by atoms with van der Waals surface area (Å²) in [4.78, 5) is 29.4. The zero-order valence-electron chi connectivity index (χ0n) is 20.9. The first-order chi connectivity index (χ1) is 19.5. The minimum atomic E-state index is -0.327. The first kappa shape index (κ1) is 26.7. The number of benzene rings is 2. The van der Waals surface area contributed by atoms with Crippen LogP contribution >= 0.6 is 46.3 Å². The molecule has 1 atom stereocenters. The Labute approximate surface area is 248 Å². The van der Waals surface area contributed by atoms with Crippen LogP contribution in [0.5, 0.6) is 0 Å². The quantitative estimate of drug-likeness (QED) is 0.215. The molecule has 2 amide bonds. The summed E-state index contributed by atoms with van der Waals surface area (Å²) in [7, 11) is 0. The maximum Gasteiger partial charge on any atom is 0.240 e. The van der Waals surface area contributed by atoms with Crippen LogP contribution < -0.4 is 10.2 Å². The number of hydrogen-bond donors (Lipinski definition) is 1. The van der Waals surface area contributed by atoms with E-state index in [0.717, 1.165) is 21.7 Å². The first-order valence-corrected chi connectivity index (χ1v) is 15.1. The molecule has 1 aliphatic heterocycles. The fourth-order valence-electron chi connectivity index (χ4n) is 4.64. The van der Waals surface area contributed by atoms with Crippen molar-refractivity contribution < 1.29 is 14.0 Å². The summed E-state index contributed by atoms with van der Waals surface area (Å²) < 4.78 is 7.03. The van der Waals surface area contributed by atoms with Crippen LogP contribution in [0.1, 0.15) is 22.1 Å². The van der Waals surface area contributed by atoms with Gasteiger partial charge in [0, 0.05) is 10.6 Å². The maximum absolute atomic E-state index is 13.8. The Kier molecular flexibility index (Phi) is 7.71. The van der Waals surface area contributed by atoms with Crippen LogP contribution in [0.3, 0.4) is 0 Å². The van der Waals surface area contributed by atoms with E-state index in [4.69, 9.17) is 32.7 Å². The second-order valence-electron chi connectivity index (χ2n) is 9.01. The Bertz CT molecular complexity index is 1670. The molecule has 0 saturated heterocycles. The third-order valence-electron chi connectivity index (χ3n) is 6.42. The Morgan fingerprint density at radius 2 is 1.95 bits per heavy atom. The molecular weight excluding hydrogens is 587 g/mol. The van der Waals surface area contributed by atoms with Gasteiger partial charge in [-0.15, -0.1) is 23.1 Å². The highest BCUT2D eigenvalue weighted by Crippen LogP contribution is 2.49. The first-order valence-electron chi connectivity index (χ1n) is 12.4.